The number of piperidine rings is 1. The highest BCUT2D eigenvalue weighted by Gasteiger charge is 2.39. The number of nitrogens with zero attached hydrogens (tertiary/aromatic N) is 1. The van der Waals surface area contributed by atoms with Gasteiger partial charge in [0, 0.05) is 30.6 Å². The number of hydrogen-bond acceptors (Lipinski definition) is 5. The number of imide groups is 1. The van der Waals surface area contributed by atoms with Crippen molar-refractivity contribution in [3.63, 3.8) is 0 Å². The van der Waals surface area contributed by atoms with Crippen LogP contribution in [-0.2, 0) is 22.7 Å². The van der Waals surface area contributed by atoms with E-state index in [9.17, 15) is 14.4 Å². The summed E-state index contributed by atoms with van der Waals surface area (Å²) in [5, 5.41) is 5.76. The lowest BCUT2D eigenvalue weighted by Crippen LogP contribution is -2.52. The number of fused-ring (bicyclic) bond motifs is 1. The maximum atomic E-state index is 12.7. The largest absolute Gasteiger partial charge is 0.325 e. The highest BCUT2D eigenvalue weighted by atomic mass is 16.2. The molecule has 0 radical (unpaired) electrons. The number of hydrogen-bond donors (Lipinski definition) is 3. The topological polar surface area (TPSA) is 105 Å². The van der Waals surface area contributed by atoms with Crippen LogP contribution in [0.1, 0.15) is 60.0 Å². The van der Waals surface area contributed by atoms with Crippen LogP contribution in [-0.4, -0.2) is 40.7 Å². The summed E-state index contributed by atoms with van der Waals surface area (Å²) in [6.45, 7) is 2.10. The van der Waals surface area contributed by atoms with Gasteiger partial charge in [-0.1, -0.05) is 12.1 Å². The molecule has 2 fully saturated rings. The maximum Gasteiger partial charge on any atom is 0.255 e. The third-order valence-corrected chi connectivity index (χ3v) is 5.84. The van der Waals surface area contributed by atoms with E-state index in [-0.39, 0.29) is 29.7 Å². The minimum absolute atomic E-state index is 0.106. The fourth-order valence-corrected chi connectivity index (χ4v) is 3.95. The van der Waals surface area contributed by atoms with Crippen molar-refractivity contribution < 1.29 is 14.4 Å². The van der Waals surface area contributed by atoms with Crippen molar-refractivity contribution >= 4 is 17.7 Å². The van der Waals surface area contributed by atoms with E-state index < -0.39 is 6.04 Å². The number of carbonyl (C=O) groups is 3. The van der Waals surface area contributed by atoms with E-state index in [1.54, 1.807) is 4.90 Å². The summed E-state index contributed by atoms with van der Waals surface area (Å²) in [5.74, 6) is -0.768. The molecule has 0 bridgehead atoms. The zero-order chi connectivity index (χ0) is 19.0. The van der Waals surface area contributed by atoms with Crippen LogP contribution >= 0.6 is 0 Å². The van der Waals surface area contributed by atoms with Gasteiger partial charge in [-0.3, -0.25) is 19.7 Å². The predicted molar refractivity (Wildman–Crippen MR) is 99.6 cm³/mol. The molecule has 0 aromatic heterocycles. The molecule has 3 amide bonds. The molecule has 4 N–H and O–H groups in total. The summed E-state index contributed by atoms with van der Waals surface area (Å²) in [6, 6.07) is 5.29. The summed E-state index contributed by atoms with van der Waals surface area (Å²) in [7, 11) is 0. The molecule has 1 atom stereocenters. The Balaban J connectivity index is 1.33. The Morgan fingerprint density at radius 1 is 1.26 bits per heavy atom. The molecule has 7 nitrogen and oxygen atoms in total. The first-order valence-corrected chi connectivity index (χ1v) is 9.71. The van der Waals surface area contributed by atoms with E-state index in [2.05, 4.69) is 10.6 Å². The van der Waals surface area contributed by atoms with Crippen molar-refractivity contribution in [1.29, 1.82) is 0 Å². The minimum atomic E-state index is -0.560. The van der Waals surface area contributed by atoms with Gasteiger partial charge in [-0.15, -0.1) is 0 Å². The Kier molecular flexibility index (Phi) is 4.74. The molecule has 2 aliphatic heterocycles. The first-order valence-electron chi connectivity index (χ1n) is 9.71. The summed E-state index contributed by atoms with van der Waals surface area (Å²) in [6.07, 6.45) is 5.10. The Morgan fingerprint density at radius 2 is 2.07 bits per heavy atom. The predicted octanol–water partition coefficient (Wildman–Crippen LogP) is 0.809. The number of amides is 3. The second-order valence-corrected chi connectivity index (χ2v) is 8.03. The molecule has 27 heavy (non-hydrogen) atoms. The Labute approximate surface area is 158 Å². The van der Waals surface area contributed by atoms with Gasteiger partial charge in [0.15, 0.2) is 0 Å². The molecule has 3 aliphatic rings. The van der Waals surface area contributed by atoms with E-state index in [1.165, 1.54) is 0 Å². The number of nitrogens with one attached hydrogen (secondary N) is 2. The molecule has 1 aliphatic carbocycles. The van der Waals surface area contributed by atoms with Crippen molar-refractivity contribution in [3.05, 3.63) is 34.9 Å². The van der Waals surface area contributed by atoms with Crippen molar-refractivity contribution in [2.24, 2.45) is 5.73 Å². The Bertz CT molecular complexity index is 787. The van der Waals surface area contributed by atoms with Crippen LogP contribution in [0.3, 0.4) is 0 Å². The minimum Gasteiger partial charge on any atom is -0.325 e. The van der Waals surface area contributed by atoms with Crippen LogP contribution in [0.2, 0.25) is 0 Å². The highest BCUT2D eigenvalue weighted by molar-refractivity contribution is 6.05. The number of nitrogens with two attached hydrogens (primary N) is 1. The molecule has 1 saturated heterocycles. The van der Waals surface area contributed by atoms with Crippen molar-refractivity contribution in [1.82, 2.24) is 15.5 Å². The second-order valence-electron chi connectivity index (χ2n) is 8.03. The fraction of sp³-hybridized carbons (Fsp3) is 0.550. The van der Waals surface area contributed by atoms with Crippen LogP contribution in [0.4, 0.5) is 0 Å². The Morgan fingerprint density at radius 3 is 2.81 bits per heavy atom. The van der Waals surface area contributed by atoms with Gasteiger partial charge in [0.2, 0.25) is 11.8 Å². The quantitative estimate of drug-likeness (QED) is 0.487. The molecule has 4 rings (SSSR count). The molecule has 7 heteroatoms. The van der Waals surface area contributed by atoms with Gasteiger partial charge in [0.05, 0.1) is 0 Å². The zero-order valence-electron chi connectivity index (χ0n) is 15.4. The lowest BCUT2D eigenvalue weighted by molar-refractivity contribution is -0.136. The highest BCUT2D eigenvalue weighted by Crippen LogP contribution is 2.36. The molecular weight excluding hydrogens is 344 g/mol. The second kappa shape index (κ2) is 7.05. The van der Waals surface area contributed by atoms with E-state index in [0.717, 1.165) is 49.9 Å². The van der Waals surface area contributed by atoms with Crippen LogP contribution in [0.25, 0.3) is 0 Å². The third kappa shape index (κ3) is 3.89. The van der Waals surface area contributed by atoms with E-state index in [1.807, 2.05) is 18.2 Å². The van der Waals surface area contributed by atoms with Gasteiger partial charge >= 0.3 is 0 Å². The van der Waals surface area contributed by atoms with Gasteiger partial charge in [-0.2, -0.15) is 0 Å². The van der Waals surface area contributed by atoms with Crippen LogP contribution in [0, 0.1) is 0 Å². The third-order valence-electron chi connectivity index (χ3n) is 5.84. The van der Waals surface area contributed by atoms with Crippen LogP contribution in [0.15, 0.2) is 18.2 Å². The lowest BCUT2D eigenvalue weighted by Gasteiger charge is -2.29. The molecular formula is C20H26N4O3. The fourth-order valence-electron chi connectivity index (χ4n) is 3.95. The normalized spacial score (nSPS) is 23.4. The zero-order valence-corrected chi connectivity index (χ0v) is 15.4. The van der Waals surface area contributed by atoms with E-state index >= 15 is 0 Å². The summed E-state index contributed by atoms with van der Waals surface area (Å²) >= 11 is 0. The van der Waals surface area contributed by atoms with E-state index in [0.29, 0.717) is 18.5 Å². The standard InChI is InChI=1S/C20H26N4O3/c21-20(7-8-20)6-1-9-22-11-13-2-3-15-14(10-13)12-24(19(15)27)16-4-5-17(25)23-18(16)26/h2-3,10,16,22H,1,4-9,11-12,21H2,(H,23,25,26). The molecule has 1 saturated carbocycles. The molecule has 0 spiro atoms. The first-order chi connectivity index (χ1) is 13.0. The molecule has 1 aromatic carbocycles. The number of rotatable bonds is 7. The van der Waals surface area contributed by atoms with Gasteiger partial charge in [-0.05, 0) is 55.8 Å². The summed E-state index contributed by atoms with van der Waals surface area (Å²) < 4.78 is 0. The molecule has 1 aromatic rings. The summed E-state index contributed by atoms with van der Waals surface area (Å²) in [4.78, 5) is 37.7. The van der Waals surface area contributed by atoms with Gasteiger partial charge in [0.1, 0.15) is 6.04 Å². The maximum absolute atomic E-state index is 12.7. The average molecular weight is 370 g/mol. The summed E-state index contributed by atoms with van der Waals surface area (Å²) in [5.41, 5.74) is 8.93. The monoisotopic (exact) mass is 370 g/mol. The van der Waals surface area contributed by atoms with Crippen molar-refractivity contribution in [3.8, 4) is 0 Å². The smallest absolute Gasteiger partial charge is 0.255 e. The number of benzene rings is 1. The Hall–Kier alpha value is -2.25. The van der Waals surface area contributed by atoms with Crippen LogP contribution < -0.4 is 16.4 Å². The first kappa shape index (κ1) is 18.1. The van der Waals surface area contributed by atoms with Gasteiger partial charge in [0.25, 0.3) is 5.91 Å². The van der Waals surface area contributed by atoms with Crippen LogP contribution in [0.5, 0.6) is 0 Å². The number of carbonyl (C=O) groups excluding carboxylic acids is 3. The molecule has 1 unspecified atom stereocenters. The van der Waals surface area contributed by atoms with Crippen molar-refractivity contribution in [2.75, 3.05) is 6.54 Å². The van der Waals surface area contributed by atoms with Crippen molar-refractivity contribution in [2.45, 2.75) is 63.2 Å². The average Bonchev–Trinajstić information content (AvgIpc) is 3.28. The molecule has 144 valence electrons. The molecule has 2 heterocycles. The van der Waals surface area contributed by atoms with E-state index in [4.69, 9.17) is 5.73 Å². The van der Waals surface area contributed by atoms with Gasteiger partial charge < -0.3 is 16.0 Å². The SMILES string of the molecule is NC1(CCCNCc2ccc3c(c2)CN(C2CCC(=O)NC2=O)C3=O)CC1. The lowest BCUT2D eigenvalue weighted by atomic mass is 10.0. The van der Waals surface area contributed by atoms with Gasteiger partial charge in [-0.25, -0.2) is 0 Å².